The first-order valence-corrected chi connectivity index (χ1v) is 8.71. The van der Waals surface area contributed by atoms with Gasteiger partial charge in [0.05, 0.1) is 17.4 Å². The Balaban J connectivity index is 1.55. The van der Waals surface area contributed by atoms with E-state index in [0.717, 1.165) is 48.1 Å². The van der Waals surface area contributed by atoms with Crippen molar-refractivity contribution >= 4 is 22.8 Å². The minimum absolute atomic E-state index is 0.00234. The van der Waals surface area contributed by atoms with Crippen molar-refractivity contribution in [1.82, 2.24) is 24.8 Å². The number of anilines is 1. The average Bonchev–Trinajstić information content (AvgIpc) is 2.68. The van der Waals surface area contributed by atoms with Crippen LogP contribution in [0.5, 0.6) is 0 Å². The quantitative estimate of drug-likeness (QED) is 0.782. The molecule has 7 heteroatoms. The summed E-state index contributed by atoms with van der Waals surface area (Å²) in [7, 11) is 2.08. The number of rotatable bonds is 3. The summed E-state index contributed by atoms with van der Waals surface area (Å²) in [5, 5.41) is 3.78. The Labute approximate surface area is 151 Å². The number of hydrogen-bond donors (Lipinski definition) is 1. The Kier molecular flexibility index (Phi) is 4.53. The van der Waals surface area contributed by atoms with E-state index in [2.05, 4.69) is 37.2 Å². The molecule has 132 valence electrons. The lowest BCUT2D eigenvalue weighted by atomic mass is 9.96. The van der Waals surface area contributed by atoms with E-state index < -0.39 is 0 Å². The SMILES string of the molecule is CN1CCC(C(=O)Nc2ncc3ccc(-c4cnccn4)cc3n2)CC1. The molecule has 3 heterocycles. The first-order valence-electron chi connectivity index (χ1n) is 8.71. The molecule has 0 atom stereocenters. The molecule has 1 aliphatic rings. The molecule has 1 N–H and O–H groups in total. The van der Waals surface area contributed by atoms with Crippen LogP contribution in [0, 0.1) is 5.92 Å². The van der Waals surface area contributed by atoms with Crippen LogP contribution >= 0.6 is 0 Å². The van der Waals surface area contributed by atoms with Crippen LogP contribution in [0.2, 0.25) is 0 Å². The molecule has 3 aromatic rings. The van der Waals surface area contributed by atoms with Gasteiger partial charge in [0.25, 0.3) is 0 Å². The molecular weight excluding hydrogens is 328 g/mol. The van der Waals surface area contributed by atoms with Gasteiger partial charge in [0.15, 0.2) is 0 Å². The van der Waals surface area contributed by atoms with E-state index in [1.807, 2.05) is 18.2 Å². The summed E-state index contributed by atoms with van der Waals surface area (Å²) in [5.41, 5.74) is 2.48. The Morgan fingerprint density at radius 3 is 2.77 bits per heavy atom. The summed E-state index contributed by atoms with van der Waals surface area (Å²) in [6.45, 7) is 1.89. The number of carbonyl (C=O) groups is 1. The summed E-state index contributed by atoms with van der Waals surface area (Å²) < 4.78 is 0. The number of aromatic nitrogens is 4. The smallest absolute Gasteiger partial charge is 0.229 e. The molecule has 0 radical (unpaired) electrons. The van der Waals surface area contributed by atoms with Gasteiger partial charge in [-0.1, -0.05) is 12.1 Å². The number of hydrogen-bond acceptors (Lipinski definition) is 6. The summed E-state index contributed by atoms with van der Waals surface area (Å²) in [5.74, 6) is 0.372. The topological polar surface area (TPSA) is 83.9 Å². The Morgan fingerprint density at radius 2 is 2.00 bits per heavy atom. The zero-order valence-corrected chi connectivity index (χ0v) is 14.6. The van der Waals surface area contributed by atoms with Crippen LogP contribution in [0.15, 0.2) is 43.0 Å². The molecular formula is C19H20N6O. The minimum atomic E-state index is 0.00234. The number of nitrogens with zero attached hydrogens (tertiary/aromatic N) is 5. The van der Waals surface area contributed by atoms with Gasteiger partial charge in [-0.2, -0.15) is 0 Å². The number of likely N-dealkylation sites (tertiary alicyclic amines) is 1. The third-order valence-corrected chi connectivity index (χ3v) is 4.77. The molecule has 1 amide bonds. The molecule has 0 saturated carbocycles. The van der Waals surface area contributed by atoms with E-state index in [-0.39, 0.29) is 11.8 Å². The van der Waals surface area contributed by atoms with E-state index in [1.54, 1.807) is 24.8 Å². The highest BCUT2D eigenvalue weighted by atomic mass is 16.2. The summed E-state index contributed by atoms with van der Waals surface area (Å²) >= 11 is 0. The highest BCUT2D eigenvalue weighted by molar-refractivity contribution is 5.92. The van der Waals surface area contributed by atoms with Crippen molar-refractivity contribution in [1.29, 1.82) is 0 Å². The third-order valence-electron chi connectivity index (χ3n) is 4.77. The largest absolute Gasteiger partial charge is 0.306 e. The highest BCUT2D eigenvalue weighted by Crippen LogP contribution is 2.22. The van der Waals surface area contributed by atoms with Gasteiger partial charge in [0, 0.05) is 35.5 Å². The standard InChI is InChI=1S/C19H20N6O/c1-25-8-4-13(5-9-25)18(26)24-19-22-11-15-3-2-14(10-16(15)23-19)17-12-20-6-7-21-17/h2-3,6-7,10-13H,4-5,8-9H2,1H3,(H,22,23,24,26). The van der Waals surface area contributed by atoms with Crippen molar-refractivity contribution in [2.24, 2.45) is 5.92 Å². The number of benzene rings is 1. The lowest BCUT2D eigenvalue weighted by Gasteiger charge is -2.27. The molecule has 1 fully saturated rings. The van der Waals surface area contributed by atoms with Crippen molar-refractivity contribution < 1.29 is 4.79 Å². The molecule has 1 saturated heterocycles. The number of fused-ring (bicyclic) bond motifs is 1. The number of carbonyl (C=O) groups excluding carboxylic acids is 1. The molecule has 0 unspecified atom stereocenters. The fraction of sp³-hybridized carbons (Fsp3) is 0.316. The number of piperidine rings is 1. The zero-order chi connectivity index (χ0) is 17.9. The van der Waals surface area contributed by atoms with Crippen molar-refractivity contribution in [2.75, 3.05) is 25.5 Å². The molecule has 26 heavy (non-hydrogen) atoms. The summed E-state index contributed by atoms with van der Waals surface area (Å²) in [6.07, 6.45) is 8.48. The molecule has 1 aromatic carbocycles. The predicted molar refractivity (Wildman–Crippen MR) is 99.4 cm³/mol. The molecule has 4 rings (SSSR count). The normalized spacial score (nSPS) is 15.9. The van der Waals surface area contributed by atoms with Crippen LogP contribution in [0.25, 0.3) is 22.2 Å². The van der Waals surface area contributed by atoms with E-state index >= 15 is 0 Å². The summed E-state index contributed by atoms with van der Waals surface area (Å²) in [6, 6.07) is 5.85. The van der Waals surface area contributed by atoms with Crippen molar-refractivity contribution in [3.05, 3.63) is 43.0 Å². The Bertz CT molecular complexity index is 922. The monoisotopic (exact) mass is 348 g/mol. The van der Waals surface area contributed by atoms with E-state index in [4.69, 9.17) is 0 Å². The average molecular weight is 348 g/mol. The Morgan fingerprint density at radius 1 is 1.15 bits per heavy atom. The van der Waals surface area contributed by atoms with Crippen LogP contribution in [0.4, 0.5) is 5.95 Å². The van der Waals surface area contributed by atoms with Gasteiger partial charge in [-0.3, -0.25) is 20.1 Å². The van der Waals surface area contributed by atoms with Gasteiger partial charge >= 0.3 is 0 Å². The molecule has 0 bridgehead atoms. The predicted octanol–water partition coefficient (Wildman–Crippen LogP) is 2.37. The van der Waals surface area contributed by atoms with E-state index in [0.29, 0.717) is 5.95 Å². The van der Waals surface area contributed by atoms with Crippen molar-refractivity contribution in [3.63, 3.8) is 0 Å². The molecule has 0 aliphatic carbocycles. The van der Waals surface area contributed by atoms with Gasteiger partial charge in [-0.05, 0) is 39.0 Å². The maximum atomic E-state index is 12.5. The van der Waals surface area contributed by atoms with Crippen LogP contribution < -0.4 is 5.32 Å². The fourth-order valence-corrected chi connectivity index (χ4v) is 3.17. The lowest BCUT2D eigenvalue weighted by Crippen LogP contribution is -2.36. The highest BCUT2D eigenvalue weighted by Gasteiger charge is 2.23. The van der Waals surface area contributed by atoms with Crippen LogP contribution in [-0.2, 0) is 4.79 Å². The first-order chi connectivity index (χ1) is 12.7. The van der Waals surface area contributed by atoms with Gasteiger partial charge < -0.3 is 4.90 Å². The molecule has 1 aliphatic heterocycles. The van der Waals surface area contributed by atoms with E-state index in [1.165, 1.54) is 0 Å². The molecule has 2 aromatic heterocycles. The van der Waals surface area contributed by atoms with Gasteiger partial charge in [0.1, 0.15) is 0 Å². The number of nitrogens with one attached hydrogen (secondary N) is 1. The first kappa shape index (κ1) is 16.5. The van der Waals surface area contributed by atoms with Gasteiger partial charge in [-0.15, -0.1) is 0 Å². The van der Waals surface area contributed by atoms with E-state index in [9.17, 15) is 4.79 Å². The second kappa shape index (κ2) is 7.13. The maximum absolute atomic E-state index is 12.5. The molecule has 7 nitrogen and oxygen atoms in total. The number of amides is 1. The maximum Gasteiger partial charge on any atom is 0.229 e. The van der Waals surface area contributed by atoms with Crippen LogP contribution in [0.3, 0.4) is 0 Å². The lowest BCUT2D eigenvalue weighted by molar-refractivity contribution is -0.121. The van der Waals surface area contributed by atoms with Gasteiger partial charge in [-0.25, -0.2) is 9.97 Å². The summed E-state index contributed by atoms with van der Waals surface area (Å²) in [4.78, 5) is 31.9. The van der Waals surface area contributed by atoms with Crippen molar-refractivity contribution in [2.45, 2.75) is 12.8 Å². The second-order valence-electron chi connectivity index (χ2n) is 6.62. The van der Waals surface area contributed by atoms with Crippen LogP contribution in [0.1, 0.15) is 12.8 Å². The third kappa shape index (κ3) is 3.52. The van der Waals surface area contributed by atoms with Crippen molar-refractivity contribution in [3.8, 4) is 11.3 Å². The molecule has 0 spiro atoms. The zero-order valence-electron chi connectivity index (χ0n) is 14.6. The fourth-order valence-electron chi connectivity index (χ4n) is 3.17. The van der Waals surface area contributed by atoms with Gasteiger partial charge in [0.2, 0.25) is 11.9 Å². The van der Waals surface area contributed by atoms with Crippen LogP contribution in [-0.4, -0.2) is 50.9 Å². The second-order valence-corrected chi connectivity index (χ2v) is 6.62. The Hall–Kier alpha value is -2.93. The minimum Gasteiger partial charge on any atom is -0.306 e.